The molecule has 0 saturated carbocycles. The lowest BCUT2D eigenvalue weighted by Crippen LogP contribution is -2.47. The SMILES string of the molecule is C=CCN1CCN([C@@H](Cc2ccccc2)c2ccccc2)CC1. The summed E-state index contributed by atoms with van der Waals surface area (Å²) in [6, 6.07) is 22.3. The molecule has 0 radical (unpaired) electrons. The molecule has 2 heteroatoms. The molecule has 2 nitrogen and oxygen atoms in total. The van der Waals surface area contributed by atoms with Gasteiger partial charge in [0.2, 0.25) is 0 Å². The van der Waals surface area contributed by atoms with Crippen LogP contribution in [-0.4, -0.2) is 42.5 Å². The van der Waals surface area contributed by atoms with E-state index in [1.807, 2.05) is 6.08 Å². The van der Waals surface area contributed by atoms with Gasteiger partial charge in [-0.1, -0.05) is 66.7 Å². The molecule has 0 unspecified atom stereocenters. The summed E-state index contributed by atoms with van der Waals surface area (Å²) in [6.07, 6.45) is 3.08. The predicted molar refractivity (Wildman–Crippen MR) is 97.5 cm³/mol. The first kappa shape index (κ1) is 16.0. The molecule has 0 aromatic heterocycles. The molecular weight excluding hydrogens is 280 g/mol. The normalized spacial score (nSPS) is 17.7. The molecule has 2 aromatic rings. The van der Waals surface area contributed by atoms with Crippen molar-refractivity contribution in [3.63, 3.8) is 0 Å². The van der Waals surface area contributed by atoms with Gasteiger partial charge in [-0.05, 0) is 17.5 Å². The maximum Gasteiger partial charge on any atom is 0.0389 e. The third-order valence-electron chi connectivity index (χ3n) is 4.69. The first-order valence-corrected chi connectivity index (χ1v) is 8.53. The van der Waals surface area contributed by atoms with Crippen LogP contribution in [0.3, 0.4) is 0 Å². The van der Waals surface area contributed by atoms with Crippen molar-refractivity contribution >= 4 is 0 Å². The molecule has 2 aromatic carbocycles. The second kappa shape index (κ2) is 8.09. The van der Waals surface area contributed by atoms with Crippen LogP contribution in [0.2, 0.25) is 0 Å². The van der Waals surface area contributed by atoms with Gasteiger partial charge in [0.1, 0.15) is 0 Å². The van der Waals surface area contributed by atoms with Gasteiger partial charge in [0.15, 0.2) is 0 Å². The highest BCUT2D eigenvalue weighted by Gasteiger charge is 2.24. The fourth-order valence-electron chi connectivity index (χ4n) is 3.41. The summed E-state index contributed by atoms with van der Waals surface area (Å²) in [5.41, 5.74) is 2.84. The van der Waals surface area contributed by atoms with Gasteiger partial charge in [0.25, 0.3) is 0 Å². The molecular formula is C21H26N2. The van der Waals surface area contributed by atoms with E-state index in [1.54, 1.807) is 0 Å². The average molecular weight is 306 g/mol. The fraction of sp³-hybridized carbons (Fsp3) is 0.333. The van der Waals surface area contributed by atoms with Crippen LogP contribution in [0.5, 0.6) is 0 Å². The Labute approximate surface area is 140 Å². The quantitative estimate of drug-likeness (QED) is 0.750. The van der Waals surface area contributed by atoms with Crippen LogP contribution < -0.4 is 0 Å². The van der Waals surface area contributed by atoms with Crippen LogP contribution in [0.15, 0.2) is 73.3 Å². The zero-order valence-electron chi connectivity index (χ0n) is 13.8. The van der Waals surface area contributed by atoms with Gasteiger partial charge < -0.3 is 0 Å². The average Bonchev–Trinajstić information content (AvgIpc) is 2.62. The standard InChI is InChI=1S/C21H26N2/c1-2-13-22-14-16-23(17-15-22)21(20-11-7-4-8-12-20)18-19-9-5-3-6-10-19/h2-12,21H,1,13-18H2/t21-/m0/s1. The van der Waals surface area contributed by atoms with Crippen molar-refractivity contribution < 1.29 is 0 Å². The van der Waals surface area contributed by atoms with Crippen LogP contribution in [0.25, 0.3) is 0 Å². The third-order valence-corrected chi connectivity index (χ3v) is 4.69. The molecule has 3 rings (SSSR count). The number of hydrogen-bond acceptors (Lipinski definition) is 2. The highest BCUT2D eigenvalue weighted by molar-refractivity contribution is 5.24. The van der Waals surface area contributed by atoms with Crippen LogP contribution >= 0.6 is 0 Å². The van der Waals surface area contributed by atoms with Gasteiger partial charge in [0, 0.05) is 38.8 Å². The van der Waals surface area contributed by atoms with E-state index in [-0.39, 0.29) is 0 Å². The van der Waals surface area contributed by atoms with E-state index in [2.05, 4.69) is 77.0 Å². The molecule has 0 spiro atoms. The summed E-state index contributed by atoms with van der Waals surface area (Å²) in [5, 5.41) is 0. The van der Waals surface area contributed by atoms with Gasteiger partial charge in [-0.25, -0.2) is 0 Å². The summed E-state index contributed by atoms with van der Waals surface area (Å²) < 4.78 is 0. The van der Waals surface area contributed by atoms with Gasteiger partial charge >= 0.3 is 0 Å². The number of benzene rings is 2. The lowest BCUT2D eigenvalue weighted by molar-refractivity contribution is 0.102. The summed E-state index contributed by atoms with van der Waals surface area (Å²) in [7, 11) is 0. The molecule has 1 fully saturated rings. The van der Waals surface area contributed by atoms with E-state index in [9.17, 15) is 0 Å². The Morgan fingerprint density at radius 1 is 0.870 bits per heavy atom. The molecule has 1 saturated heterocycles. The van der Waals surface area contributed by atoms with Crippen LogP contribution in [0.1, 0.15) is 17.2 Å². The van der Waals surface area contributed by atoms with Crippen molar-refractivity contribution in [2.45, 2.75) is 12.5 Å². The van der Waals surface area contributed by atoms with Crippen molar-refractivity contribution in [2.24, 2.45) is 0 Å². The van der Waals surface area contributed by atoms with E-state index in [0.717, 1.165) is 39.1 Å². The molecule has 120 valence electrons. The van der Waals surface area contributed by atoms with Gasteiger partial charge in [0.05, 0.1) is 0 Å². The number of nitrogens with zero attached hydrogens (tertiary/aromatic N) is 2. The first-order chi connectivity index (χ1) is 11.4. The molecule has 1 heterocycles. The zero-order chi connectivity index (χ0) is 15.9. The molecule has 0 aliphatic carbocycles. The van der Waals surface area contributed by atoms with E-state index in [4.69, 9.17) is 0 Å². The Morgan fingerprint density at radius 3 is 2.09 bits per heavy atom. The van der Waals surface area contributed by atoms with Crippen molar-refractivity contribution in [1.29, 1.82) is 0 Å². The highest BCUT2D eigenvalue weighted by Crippen LogP contribution is 2.26. The van der Waals surface area contributed by atoms with E-state index in [0.29, 0.717) is 6.04 Å². The van der Waals surface area contributed by atoms with E-state index < -0.39 is 0 Å². The molecule has 1 aliphatic heterocycles. The molecule has 1 aliphatic rings. The maximum atomic E-state index is 3.86. The Bertz CT molecular complexity index is 586. The Morgan fingerprint density at radius 2 is 1.48 bits per heavy atom. The minimum atomic E-state index is 0.462. The summed E-state index contributed by atoms with van der Waals surface area (Å²) in [4.78, 5) is 5.12. The Kier molecular flexibility index (Phi) is 5.62. The number of rotatable bonds is 6. The van der Waals surface area contributed by atoms with Crippen molar-refractivity contribution in [1.82, 2.24) is 9.80 Å². The molecule has 0 amide bonds. The minimum Gasteiger partial charge on any atom is -0.297 e. The number of piperazine rings is 1. The van der Waals surface area contributed by atoms with Gasteiger partial charge in [-0.2, -0.15) is 0 Å². The Hall–Kier alpha value is -1.90. The molecule has 0 N–H and O–H groups in total. The van der Waals surface area contributed by atoms with E-state index in [1.165, 1.54) is 11.1 Å². The molecule has 1 atom stereocenters. The largest absolute Gasteiger partial charge is 0.297 e. The maximum absolute atomic E-state index is 3.86. The highest BCUT2D eigenvalue weighted by atomic mass is 15.3. The van der Waals surface area contributed by atoms with E-state index >= 15 is 0 Å². The zero-order valence-corrected chi connectivity index (χ0v) is 13.8. The van der Waals surface area contributed by atoms with Crippen molar-refractivity contribution in [3.05, 3.63) is 84.4 Å². The Balaban J connectivity index is 1.75. The van der Waals surface area contributed by atoms with Crippen molar-refractivity contribution in [3.8, 4) is 0 Å². The molecule has 23 heavy (non-hydrogen) atoms. The van der Waals surface area contributed by atoms with Crippen LogP contribution in [0, 0.1) is 0 Å². The molecule has 0 bridgehead atoms. The van der Waals surface area contributed by atoms with Crippen molar-refractivity contribution in [2.75, 3.05) is 32.7 Å². The van der Waals surface area contributed by atoms with Crippen LogP contribution in [0.4, 0.5) is 0 Å². The first-order valence-electron chi connectivity index (χ1n) is 8.53. The van der Waals surface area contributed by atoms with Gasteiger partial charge in [-0.3, -0.25) is 9.80 Å². The van der Waals surface area contributed by atoms with Gasteiger partial charge in [-0.15, -0.1) is 6.58 Å². The number of hydrogen-bond donors (Lipinski definition) is 0. The summed E-state index contributed by atoms with van der Waals surface area (Å²) >= 11 is 0. The second-order valence-electron chi connectivity index (χ2n) is 6.24. The summed E-state index contributed by atoms with van der Waals surface area (Å²) in [6.45, 7) is 9.37. The lowest BCUT2D eigenvalue weighted by atomic mass is 9.96. The summed E-state index contributed by atoms with van der Waals surface area (Å²) in [5.74, 6) is 0. The lowest BCUT2D eigenvalue weighted by Gasteiger charge is -2.39. The monoisotopic (exact) mass is 306 g/mol. The fourth-order valence-corrected chi connectivity index (χ4v) is 3.41. The smallest absolute Gasteiger partial charge is 0.0389 e. The topological polar surface area (TPSA) is 6.48 Å². The predicted octanol–water partition coefficient (Wildman–Crippen LogP) is 3.77. The van der Waals surface area contributed by atoms with Crippen LogP contribution in [-0.2, 0) is 6.42 Å². The minimum absolute atomic E-state index is 0.462. The third kappa shape index (κ3) is 4.31. The second-order valence-corrected chi connectivity index (χ2v) is 6.24.